The molecule has 1 rings (SSSR count). The Morgan fingerprint density at radius 3 is 2.24 bits per heavy atom. The molecule has 0 saturated heterocycles. The molecule has 0 unspecified atom stereocenters. The van der Waals surface area contributed by atoms with Crippen LogP contribution in [0.2, 0.25) is 0 Å². The second-order valence-corrected chi connectivity index (χ2v) is 6.66. The van der Waals surface area contributed by atoms with E-state index in [1.807, 2.05) is 0 Å². The van der Waals surface area contributed by atoms with E-state index in [2.05, 4.69) is 15.9 Å². The second kappa shape index (κ2) is 6.98. The molecule has 1 aromatic rings. The minimum Gasteiger partial charge on any atom is -0.459 e. The molecule has 0 saturated carbocycles. The molecule has 0 amide bonds. The van der Waals surface area contributed by atoms with Gasteiger partial charge in [0.2, 0.25) is 0 Å². The molecule has 4 nitrogen and oxygen atoms in total. The zero-order valence-electron chi connectivity index (χ0n) is 12.6. The molecule has 0 aliphatic heterocycles. The Hall–Kier alpha value is -1.49. The van der Waals surface area contributed by atoms with Gasteiger partial charge >= 0.3 is 5.97 Å². The second-order valence-electron chi connectivity index (χ2n) is 5.80. The summed E-state index contributed by atoms with van der Waals surface area (Å²) in [6.07, 6.45) is -0.188. The molecule has 114 valence electrons. The maximum atomic E-state index is 12.3. The van der Waals surface area contributed by atoms with Gasteiger partial charge in [-0.2, -0.15) is 0 Å². The Kier molecular flexibility index (Phi) is 5.84. The van der Waals surface area contributed by atoms with Gasteiger partial charge < -0.3 is 4.74 Å². The lowest BCUT2D eigenvalue weighted by Crippen LogP contribution is -2.33. The molecule has 0 aliphatic carbocycles. The van der Waals surface area contributed by atoms with Crippen molar-refractivity contribution >= 4 is 33.5 Å². The van der Waals surface area contributed by atoms with E-state index in [9.17, 15) is 14.4 Å². The standard InChI is InChI=1S/C16H19BrO4/c1-10(18)12(15(20)21-16(2,3)4)9-14(19)11-7-5-6-8-13(11)17/h5-8,12H,9H2,1-4H3/t12-/m1/s1. The summed E-state index contributed by atoms with van der Waals surface area (Å²) in [5.41, 5.74) is -0.242. The number of benzene rings is 1. The Labute approximate surface area is 133 Å². The topological polar surface area (TPSA) is 60.4 Å². The molecule has 0 radical (unpaired) electrons. The summed E-state index contributed by atoms with van der Waals surface area (Å²) in [6.45, 7) is 6.45. The fraction of sp³-hybridized carbons (Fsp3) is 0.438. The van der Waals surface area contributed by atoms with Gasteiger partial charge in [0, 0.05) is 16.5 Å². The quantitative estimate of drug-likeness (QED) is 0.460. The smallest absolute Gasteiger partial charge is 0.317 e. The molecular formula is C16H19BrO4. The van der Waals surface area contributed by atoms with Crippen LogP contribution in [0.3, 0.4) is 0 Å². The summed E-state index contributed by atoms with van der Waals surface area (Å²) in [5.74, 6) is -2.36. The van der Waals surface area contributed by atoms with E-state index >= 15 is 0 Å². The summed E-state index contributed by atoms with van der Waals surface area (Å²) in [4.78, 5) is 36.0. The number of ketones is 2. The molecule has 0 heterocycles. The van der Waals surface area contributed by atoms with Crippen LogP contribution in [-0.2, 0) is 14.3 Å². The predicted molar refractivity (Wildman–Crippen MR) is 83.1 cm³/mol. The van der Waals surface area contributed by atoms with Gasteiger partial charge in [0.25, 0.3) is 0 Å². The maximum absolute atomic E-state index is 12.3. The van der Waals surface area contributed by atoms with Gasteiger partial charge in [-0.25, -0.2) is 0 Å². The molecule has 0 fully saturated rings. The van der Waals surface area contributed by atoms with Crippen LogP contribution < -0.4 is 0 Å². The summed E-state index contributed by atoms with van der Waals surface area (Å²) in [6, 6.07) is 6.91. The number of hydrogen-bond donors (Lipinski definition) is 0. The van der Waals surface area contributed by atoms with Crippen LogP contribution in [0.25, 0.3) is 0 Å². The largest absolute Gasteiger partial charge is 0.459 e. The molecule has 0 N–H and O–H groups in total. The number of esters is 1. The van der Waals surface area contributed by atoms with Crippen molar-refractivity contribution in [1.82, 2.24) is 0 Å². The number of carbonyl (C=O) groups is 3. The first kappa shape index (κ1) is 17.6. The minimum atomic E-state index is -1.07. The molecule has 1 aromatic carbocycles. The summed E-state index contributed by atoms with van der Waals surface area (Å²) >= 11 is 3.29. The number of rotatable bonds is 5. The van der Waals surface area contributed by atoms with Crippen molar-refractivity contribution in [1.29, 1.82) is 0 Å². The number of Topliss-reactive ketones (excluding diaryl/α,β-unsaturated/α-hetero) is 2. The van der Waals surface area contributed by atoms with Crippen LogP contribution in [0.4, 0.5) is 0 Å². The normalized spacial score (nSPS) is 12.6. The molecule has 0 spiro atoms. The van der Waals surface area contributed by atoms with E-state index in [0.717, 1.165) is 0 Å². The SMILES string of the molecule is CC(=O)[C@@H](CC(=O)c1ccccc1Br)C(=O)OC(C)(C)C. The monoisotopic (exact) mass is 354 g/mol. The van der Waals surface area contributed by atoms with E-state index in [-0.39, 0.29) is 18.0 Å². The van der Waals surface area contributed by atoms with Crippen LogP contribution in [0.5, 0.6) is 0 Å². The third-order valence-electron chi connectivity index (χ3n) is 2.75. The van der Waals surface area contributed by atoms with Crippen molar-refractivity contribution < 1.29 is 19.1 Å². The fourth-order valence-electron chi connectivity index (χ4n) is 1.75. The molecule has 0 bridgehead atoms. The lowest BCUT2D eigenvalue weighted by molar-refractivity contribution is -0.161. The summed E-state index contributed by atoms with van der Waals surface area (Å²) in [7, 11) is 0. The van der Waals surface area contributed by atoms with Gasteiger partial charge in [0.1, 0.15) is 17.3 Å². The molecular weight excluding hydrogens is 336 g/mol. The van der Waals surface area contributed by atoms with E-state index in [0.29, 0.717) is 10.0 Å². The van der Waals surface area contributed by atoms with Crippen molar-refractivity contribution in [2.24, 2.45) is 5.92 Å². The van der Waals surface area contributed by atoms with Crippen molar-refractivity contribution in [3.8, 4) is 0 Å². The first-order valence-corrected chi connectivity index (χ1v) is 7.42. The average Bonchev–Trinajstić information content (AvgIpc) is 2.33. The van der Waals surface area contributed by atoms with Gasteiger partial charge in [-0.3, -0.25) is 14.4 Å². The van der Waals surface area contributed by atoms with Crippen LogP contribution in [0.1, 0.15) is 44.5 Å². The number of hydrogen-bond acceptors (Lipinski definition) is 4. The number of carbonyl (C=O) groups excluding carboxylic acids is 3. The number of ether oxygens (including phenoxy) is 1. The predicted octanol–water partition coefficient (Wildman–Crippen LogP) is 3.57. The number of halogens is 1. The van der Waals surface area contributed by atoms with Crippen LogP contribution >= 0.6 is 15.9 Å². The highest BCUT2D eigenvalue weighted by atomic mass is 79.9. The van der Waals surface area contributed by atoms with E-state index in [1.54, 1.807) is 45.0 Å². The summed E-state index contributed by atoms with van der Waals surface area (Å²) in [5, 5.41) is 0. The van der Waals surface area contributed by atoms with Crippen LogP contribution in [0.15, 0.2) is 28.7 Å². The Morgan fingerprint density at radius 1 is 1.19 bits per heavy atom. The van der Waals surface area contributed by atoms with Crippen molar-refractivity contribution in [2.45, 2.75) is 39.7 Å². The van der Waals surface area contributed by atoms with Gasteiger partial charge in [0.15, 0.2) is 5.78 Å². The van der Waals surface area contributed by atoms with Gasteiger partial charge in [-0.1, -0.05) is 34.1 Å². The maximum Gasteiger partial charge on any atom is 0.317 e. The van der Waals surface area contributed by atoms with Crippen molar-refractivity contribution in [3.63, 3.8) is 0 Å². The Bertz CT molecular complexity index is 558. The lowest BCUT2D eigenvalue weighted by atomic mass is 9.95. The Balaban J connectivity index is 2.90. The Morgan fingerprint density at radius 2 is 1.76 bits per heavy atom. The van der Waals surface area contributed by atoms with E-state index in [1.165, 1.54) is 6.92 Å². The average molecular weight is 355 g/mol. The molecule has 0 aromatic heterocycles. The van der Waals surface area contributed by atoms with Gasteiger partial charge in [-0.05, 0) is 33.8 Å². The first-order chi connectivity index (χ1) is 9.61. The van der Waals surface area contributed by atoms with Gasteiger partial charge in [-0.15, -0.1) is 0 Å². The zero-order chi connectivity index (χ0) is 16.2. The highest BCUT2D eigenvalue weighted by molar-refractivity contribution is 9.10. The highest BCUT2D eigenvalue weighted by Gasteiger charge is 2.31. The third-order valence-corrected chi connectivity index (χ3v) is 3.44. The first-order valence-electron chi connectivity index (χ1n) is 6.63. The molecule has 0 aliphatic rings. The minimum absolute atomic E-state index is 0.188. The van der Waals surface area contributed by atoms with E-state index < -0.39 is 17.5 Å². The van der Waals surface area contributed by atoms with E-state index in [4.69, 9.17) is 4.74 Å². The van der Waals surface area contributed by atoms with Crippen LogP contribution in [0, 0.1) is 5.92 Å². The molecule has 21 heavy (non-hydrogen) atoms. The van der Waals surface area contributed by atoms with Crippen molar-refractivity contribution in [3.05, 3.63) is 34.3 Å². The fourth-order valence-corrected chi connectivity index (χ4v) is 2.25. The lowest BCUT2D eigenvalue weighted by Gasteiger charge is -2.22. The molecule has 1 atom stereocenters. The van der Waals surface area contributed by atoms with Crippen LogP contribution in [-0.4, -0.2) is 23.1 Å². The summed E-state index contributed by atoms with van der Waals surface area (Å²) < 4.78 is 5.84. The zero-order valence-corrected chi connectivity index (χ0v) is 14.2. The van der Waals surface area contributed by atoms with Gasteiger partial charge in [0.05, 0.1) is 0 Å². The van der Waals surface area contributed by atoms with Crippen molar-refractivity contribution in [2.75, 3.05) is 0 Å². The molecule has 5 heteroatoms. The third kappa shape index (κ3) is 5.42. The highest BCUT2D eigenvalue weighted by Crippen LogP contribution is 2.21.